The lowest BCUT2D eigenvalue weighted by Crippen LogP contribution is -2.43. The van der Waals surface area contributed by atoms with Gasteiger partial charge in [-0.3, -0.25) is 0 Å². The number of carbonyl (C=O) groups excluding carboxylic acids is 1. The first-order valence-electron chi connectivity index (χ1n) is 7.03. The molecule has 1 saturated carbocycles. The Balaban J connectivity index is 1.77. The number of methoxy groups -OCH3 is 1. The molecule has 0 spiro atoms. The van der Waals surface area contributed by atoms with E-state index in [4.69, 9.17) is 4.74 Å². The van der Waals surface area contributed by atoms with Gasteiger partial charge in [-0.1, -0.05) is 18.2 Å². The number of para-hydroxylation sites is 1. The fourth-order valence-corrected chi connectivity index (χ4v) is 2.48. The SMILES string of the molecule is COc1ccccc1CNC(=O)NC1CCC(O)CC1. The number of hydrogen-bond donors (Lipinski definition) is 3. The van der Waals surface area contributed by atoms with E-state index in [9.17, 15) is 9.90 Å². The van der Waals surface area contributed by atoms with E-state index in [0.29, 0.717) is 6.54 Å². The number of amides is 2. The Morgan fingerprint density at radius 3 is 2.70 bits per heavy atom. The highest BCUT2D eigenvalue weighted by Crippen LogP contribution is 2.18. The average molecular weight is 278 g/mol. The van der Waals surface area contributed by atoms with E-state index in [1.165, 1.54) is 0 Å². The smallest absolute Gasteiger partial charge is 0.315 e. The molecule has 1 aliphatic carbocycles. The van der Waals surface area contributed by atoms with Crippen LogP contribution in [0, 0.1) is 0 Å². The standard InChI is InChI=1S/C15H22N2O3/c1-20-14-5-3-2-4-11(14)10-16-15(19)17-12-6-8-13(18)9-7-12/h2-5,12-13,18H,6-10H2,1H3,(H2,16,17,19). The van der Waals surface area contributed by atoms with E-state index < -0.39 is 0 Å². The molecule has 1 fully saturated rings. The number of rotatable bonds is 4. The van der Waals surface area contributed by atoms with Crippen molar-refractivity contribution < 1.29 is 14.6 Å². The third kappa shape index (κ3) is 4.13. The maximum atomic E-state index is 11.8. The number of benzene rings is 1. The van der Waals surface area contributed by atoms with Crippen LogP contribution in [0.3, 0.4) is 0 Å². The Morgan fingerprint density at radius 2 is 2.00 bits per heavy atom. The lowest BCUT2D eigenvalue weighted by molar-refractivity contribution is 0.117. The van der Waals surface area contributed by atoms with Crippen molar-refractivity contribution in [3.05, 3.63) is 29.8 Å². The number of aliphatic hydroxyl groups excluding tert-OH is 1. The summed E-state index contributed by atoms with van der Waals surface area (Å²) in [6.45, 7) is 0.436. The quantitative estimate of drug-likeness (QED) is 0.786. The van der Waals surface area contributed by atoms with E-state index in [1.54, 1.807) is 7.11 Å². The molecule has 1 aromatic rings. The molecule has 0 saturated heterocycles. The molecule has 2 amide bonds. The first-order valence-corrected chi connectivity index (χ1v) is 7.03. The molecule has 2 rings (SSSR count). The molecule has 20 heavy (non-hydrogen) atoms. The minimum Gasteiger partial charge on any atom is -0.496 e. The second-order valence-corrected chi connectivity index (χ2v) is 5.14. The summed E-state index contributed by atoms with van der Waals surface area (Å²) < 4.78 is 5.24. The minimum atomic E-state index is -0.204. The van der Waals surface area contributed by atoms with E-state index in [0.717, 1.165) is 37.0 Å². The predicted molar refractivity (Wildman–Crippen MR) is 76.6 cm³/mol. The fraction of sp³-hybridized carbons (Fsp3) is 0.533. The zero-order chi connectivity index (χ0) is 14.4. The lowest BCUT2D eigenvalue weighted by atomic mass is 9.93. The monoisotopic (exact) mass is 278 g/mol. The zero-order valence-electron chi connectivity index (χ0n) is 11.8. The van der Waals surface area contributed by atoms with Crippen molar-refractivity contribution in [1.82, 2.24) is 10.6 Å². The van der Waals surface area contributed by atoms with Gasteiger partial charge in [0.05, 0.1) is 13.2 Å². The molecule has 5 heteroatoms. The number of hydrogen-bond acceptors (Lipinski definition) is 3. The van der Waals surface area contributed by atoms with Crippen molar-refractivity contribution in [2.24, 2.45) is 0 Å². The summed E-state index contributed by atoms with van der Waals surface area (Å²) >= 11 is 0. The Labute approximate surface area is 119 Å². The highest BCUT2D eigenvalue weighted by molar-refractivity contribution is 5.74. The molecule has 1 aromatic carbocycles. The van der Waals surface area contributed by atoms with Crippen molar-refractivity contribution in [3.63, 3.8) is 0 Å². The summed E-state index contributed by atoms with van der Waals surface area (Å²) in [6.07, 6.45) is 2.99. The van der Waals surface area contributed by atoms with Crippen molar-refractivity contribution in [3.8, 4) is 5.75 Å². The maximum Gasteiger partial charge on any atom is 0.315 e. The summed E-state index contributed by atoms with van der Waals surface area (Å²) in [5.74, 6) is 0.772. The number of urea groups is 1. The van der Waals surface area contributed by atoms with Crippen LogP contribution in [0.25, 0.3) is 0 Å². The molecule has 0 heterocycles. The second kappa shape index (κ2) is 7.14. The molecular weight excluding hydrogens is 256 g/mol. The van der Waals surface area contributed by atoms with Crippen LogP contribution in [0.15, 0.2) is 24.3 Å². The van der Waals surface area contributed by atoms with Crippen LogP contribution in [0.2, 0.25) is 0 Å². The Morgan fingerprint density at radius 1 is 1.30 bits per heavy atom. The van der Waals surface area contributed by atoms with Crippen LogP contribution in [-0.4, -0.2) is 30.4 Å². The summed E-state index contributed by atoms with van der Waals surface area (Å²) in [5.41, 5.74) is 0.948. The first-order chi connectivity index (χ1) is 9.69. The van der Waals surface area contributed by atoms with Gasteiger partial charge in [-0.05, 0) is 31.7 Å². The highest BCUT2D eigenvalue weighted by atomic mass is 16.5. The number of aliphatic hydroxyl groups is 1. The molecule has 3 N–H and O–H groups in total. The lowest BCUT2D eigenvalue weighted by Gasteiger charge is -2.26. The van der Waals surface area contributed by atoms with Crippen molar-refractivity contribution in [1.29, 1.82) is 0 Å². The molecule has 0 unspecified atom stereocenters. The van der Waals surface area contributed by atoms with Gasteiger partial charge < -0.3 is 20.5 Å². The third-order valence-corrected chi connectivity index (χ3v) is 3.66. The van der Waals surface area contributed by atoms with Crippen LogP contribution in [-0.2, 0) is 6.54 Å². The van der Waals surface area contributed by atoms with Crippen molar-refractivity contribution in [2.45, 2.75) is 44.4 Å². The van der Waals surface area contributed by atoms with Gasteiger partial charge >= 0.3 is 6.03 Å². The van der Waals surface area contributed by atoms with Gasteiger partial charge in [0.15, 0.2) is 0 Å². The summed E-state index contributed by atoms with van der Waals surface area (Å²) in [5, 5.41) is 15.2. The van der Waals surface area contributed by atoms with Crippen LogP contribution in [0.4, 0.5) is 4.79 Å². The minimum absolute atomic E-state index is 0.163. The molecule has 0 bridgehead atoms. The first kappa shape index (κ1) is 14.7. The van der Waals surface area contributed by atoms with Crippen molar-refractivity contribution >= 4 is 6.03 Å². The molecule has 110 valence electrons. The number of ether oxygens (including phenoxy) is 1. The van der Waals surface area contributed by atoms with Gasteiger partial charge in [0.2, 0.25) is 0 Å². The predicted octanol–water partition coefficient (Wildman–Crippen LogP) is 1.80. The van der Waals surface area contributed by atoms with Gasteiger partial charge in [-0.15, -0.1) is 0 Å². The van der Waals surface area contributed by atoms with Crippen LogP contribution >= 0.6 is 0 Å². The molecule has 0 aromatic heterocycles. The molecular formula is C15H22N2O3. The third-order valence-electron chi connectivity index (χ3n) is 3.66. The highest BCUT2D eigenvalue weighted by Gasteiger charge is 2.20. The van der Waals surface area contributed by atoms with Crippen LogP contribution in [0.1, 0.15) is 31.2 Å². The van der Waals surface area contributed by atoms with Gasteiger partial charge in [0.25, 0.3) is 0 Å². The second-order valence-electron chi connectivity index (χ2n) is 5.14. The summed E-state index contributed by atoms with van der Waals surface area (Å²) in [4.78, 5) is 11.8. The number of nitrogens with one attached hydrogen (secondary N) is 2. The Hall–Kier alpha value is -1.75. The van der Waals surface area contributed by atoms with Crippen LogP contribution < -0.4 is 15.4 Å². The van der Waals surface area contributed by atoms with Gasteiger partial charge in [0.1, 0.15) is 5.75 Å². The topological polar surface area (TPSA) is 70.6 Å². The van der Waals surface area contributed by atoms with Crippen LogP contribution in [0.5, 0.6) is 5.75 Å². The van der Waals surface area contributed by atoms with Gasteiger partial charge in [-0.25, -0.2) is 4.79 Å². The Bertz CT molecular complexity index is 442. The maximum absolute atomic E-state index is 11.8. The van der Waals surface area contributed by atoms with E-state index >= 15 is 0 Å². The van der Waals surface area contributed by atoms with Gasteiger partial charge in [0, 0.05) is 18.2 Å². The molecule has 0 aliphatic heterocycles. The number of carbonyl (C=O) groups is 1. The van der Waals surface area contributed by atoms with Gasteiger partial charge in [-0.2, -0.15) is 0 Å². The largest absolute Gasteiger partial charge is 0.496 e. The zero-order valence-corrected chi connectivity index (χ0v) is 11.8. The average Bonchev–Trinajstić information content (AvgIpc) is 2.48. The molecule has 0 atom stereocenters. The van der Waals surface area contributed by atoms with E-state index in [-0.39, 0.29) is 18.2 Å². The Kier molecular flexibility index (Phi) is 5.24. The van der Waals surface area contributed by atoms with E-state index in [1.807, 2.05) is 24.3 Å². The normalized spacial score (nSPS) is 22.1. The molecule has 0 radical (unpaired) electrons. The summed E-state index contributed by atoms with van der Waals surface area (Å²) in [7, 11) is 1.62. The van der Waals surface area contributed by atoms with E-state index in [2.05, 4.69) is 10.6 Å². The molecule has 5 nitrogen and oxygen atoms in total. The van der Waals surface area contributed by atoms with Crippen molar-refractivity contribution in [2.75, 3.05) is 7.11 Å². The molecule has 1 aliphatic rings. The summed E-state index contributed by atoms with van der Waals surface area (Å²) in [6, 6.07) is 7.61. The fourth-order valence-electron chi connectivity index (χ4n) is 2.48.